The maximum absolute atomic E-state index is 12.2. The first-order valence-electron chi connectivity index (χ1n) is 8.48. The van der Waals surface area contributed by atoms with Gasteiger partial charge in [-0.15, -0.1) is 24.0 Å². The smallest absolute Gasteiger partial charge is 0.190 e. The van der Waals surface area contributed by atoms with Gasteiger partial charge in [-0.1, -0.05) is 48.0 Å². The Hall–Kier alpha value is -1.32. The second-order valence-corrected chi connectivity index (χ2v) is 8.27. The van der Waals surface area contributed by atoms with E-state index in [1.54, 1.807) is 37.4 Å². The van der Waals surface area contributed by atoms with Crippen molar-refractivity contribution < 1.29 is 8.42 Å². The summed E-state index contributed by atoms with van der Waals surface area (Å²) in [6, 6.07) is 16.2. The highest BCUT2D eigenvalue weighted by Crippen LogP contribution is 2.14. The third-order valence-corrected chi connectivity index (χ3v) is 6.04. The fourth-order valence-corrected chi connectivity index (χ4v) is 4.01. The Balaban J connectivity index is 0.00000364. The zero-order valence-electron chi connectivity index (χ0n) is 15.2. The van der Waals surface area contributed by atoms with Gasteiger partial charge in [0.25, 0.3) is 0 Å². The van der Waals surface area contributed by atoms with E-state index in [0.29, 0.717) is 30.4 Å². The number of nitrogens with zero attached hydrogens (tertiary/aromatic N) is 1. The van der Waals surface area contributed by atoms with Crippen molar-refractivity contribution in [1.29, 1.82) is 0 Å². The van der Waals surface area contributed by atoms with Gasteiger partial charge in [0.2, 0.25) is 0 Å². The molecule has 8 heteroatoms. The highest BCUT2D eigenvalue weighted by molar-refractivity contribution is 14.0. The lowest BCUT2D eigenvalue weighted by molar-refractivity contribution is 0.592. The first-order valence-corrected chi connectivity index (χ1v) is 10.5. The molecule has 2 aromatic carbocycles. The molecule has 0 bridgehead atoms. The van der Waals surface area contributed by atoms with E-state index in [9.17, 15) is 8.42 Å². The molecule has 0 saturated carbocycles. The quantitative estimate of drug-likeness (QED) is 0.241. The third kappa shape index (κ3) is 8.06. The average molecular weight is 522 g/mol. The lowest BCUT2D eigenvalue weighted by atomic mass is 10.1. The number of hydrogen-bond acceptors (Lipinski definition) is 3. The Morgan fingerprint density at radius 2 is 1.63 bits per heavy atom. The normalized spacial score (nSPS) is 11.6. The molecule has 0 amide bonds. The third-order valence-electron chi connectivity index (χ3n) is 3.85. The number of hydrogen-bond donors (Lipinski definition) is 2. The summed E-state index contributed by atoms with van der Waals surface area (Å²) < 4.78 is 24.4. The van der Waals surface area contributed by atoms with Gasteiger partial charge < -0.3 is 10.6 Å². The van der Waals surface area contributed by atoms with E-state index in [2.05, 4.69) is 15.6 Å². The molecule has 5 nitrogen and oxygen atoms in total. The van der Waals surface area contributed by atoms with Gasteiger partial charge in [-0.25, -0.2) is 8.42 Å². The van der Waals surface area contributed by atoms with Crippen LogP contribution in [0.1, 0.15) is 12.0 Å². The number of sulfone groups is 1. The summed E-state index contributed by atoms with van der Waals surface area (Å²) in [6.45, 7) is 1.21. The van der Waals surface area contributed by atoms with Gasteiger partial charge in [0.05, 0.1) is 10.6 Å². The number of benzene rings is 2. The Bertz CT molecular complexity index is 830. The average Bonchev–Trinajstić information content (AvgIpc) is 2.66. The Morgan fingerprint density at radius 1 is 1.00 bits per heavy atom. The Kier molecular flexibility index (Phi) is 10.7. The van der Waals surface area contributed by atoms with Crippen molar-refractivity contribution >= 4 is 51.4 Å². The summed E-state index contributed by atoms with van der Waals surface area (Å²) >= 11 is 6.14. The monoisotopic (exact) mass is 521 g/mol. The lowest BCUT2D eigenvalue weighted by Gasteiger charge is -2.12. The van der Waals surface area contributed by atoms with Crippen LogP contribution in [0.4, 0.5) is 0 Å². The van der Waals surface area contributed by atoms with Crippen molar-refractivity contribution in [2.75, 3.05) is 25.9 Å². The standard InChI is InChI=1S/C19H24ClN3O2S.HI/c1-21-19(23-14-12-16-8-5-6-11-18(16)20)22-13-7-15-26(24,25)17-9-3-2-4-10-17;/h2-6,8-11H,7,12-15H2,1H3,(H2,21,22,23);1H. The second-order valence-electron chi connectivity index (χ2n) is 5.75. The Morgan fingerprint density at radius 3 is 2.30 bits per heavy atom. The summed E-state index contributed by atoms with van der Waals surface area (Å²) in [4.78, 5) is 4.51. The summed E-state index contributed by atoms with van der Waals surface area (Å²) in [6.07, 6.45) is 1.28. The number of halogens is 2. The van der Waals surface area contributed by atoms with Crippen LogP contribution < -0.4 is 10.6 Å². The van der Waals surface area contributed by atoms with E-state index in [0.717, 1.165) is 17.0 Å². The van der Waals surface area contributed by atoms with E-state index in [-0.39, 0.29) is 29.7 Å². The lowest BCUT2D eigenvalue weighted by Crippen LogP contribution is -2.39. The summed E-state index contributed by atoms with van der Waals surface area (Å²) in [5.74, 6) is 0.745. The molecular formula is C19H25ClIN3O2S. The van der Waals surface area contributed by atoms with Crippen LogP contribution in [0.25, 0.3) is 0 Å². The minimum Gasteiger partial charge on any atom is -0.356 e. The molecule has 27 heavy (non-hydrogen) atoms. The van der Waals surface area contributed by atoms with Gasteiger partial charge >= 0.3 is 0 Å². The summed E-state index contributed by atoms with van der Waals surface area (Å²) in [7, 11) is -1.55. The van der Waals surface area contributed by atoms with E-state index in [1.807, 2.05) is 24.3 Å². The van der Waals surface area contributed by atoms with Crippen LogP contribution in [0.15, 0.2) is 64.5 Å². The van der Waals surface area contributed by atoms with Gasteiger partial charge in [-0.2, -0.15) is 0 Å². The molecule has 2 aromatic rings. The minimum atomic E-state index is -3.24. The predicted molar refractivity (Wildman–Crippen MR) is 123 cm³/mol. The molecule has 2 N–H and O–H groups in total. The van der Waals surface area contributed by atoms with Crippen molar-refractivity contribution in [1.82, 2.24) is 10.6 Å². The SMILES string of the molecule is CN=C(NCCCS(=O)(=O)c1ccccc1)NCCc1ccccc1Cl.I. The molecule has 0 aliphatic heterocycles. The van der Waals surface area contributed by atoms with Crippen molar-refractivity contribution in [2.45, 2.75) is 17.7 Å². The maximum atomic E-state index is 12.2. The molecule has 0 heterocycles. The van der Waals surface area contributed by atoms with E-state index in [4.69, 9.17) is 11.6 Å². The second kappa shape index (κ2) is 12.2. The number of aliphatic imine (C=N–C) groups is 1. The molecule has 0 spiro atoms. The highest BCUT2D eigenvalue weighted by atomic mass is 127. The zero-order chi connectivity index (χ0) is 18.8. The molecule has 0 atom stereocenters. The van der Waals surface area contributed by atoms with Gasteiger partial charge in [-0.3, -0.25) is 4.99 Å². The minimum absolute atomic E-state index is 0. The highest BCUT2D eigenvalue weighted by Gasteiger charge is 2.13. The first kappa shape index (κ1) is 23.7. The van der Waals surface area contributed by atoms with Gasteiger partial charge in [-0.05, 0) is 36.6 Å². The molecule has 2 rings (SSSR count). The fourth-order valence-electron chi connectivity index (χ4n) is 2.45. The van der Waals surface area contributed by atoms with Gasteiger partial charge in [0, 0.05) is 25.2 Å². The Labute approximate surface area is 183 Å². The first-order chi connectivity index (χ1) is 12.5. The molecule has 0 aliphatic rings. The van der Waals surface area contributed by atoms with Crippen LogP contribution in [0.3, 0.4) is 0 Å². The molecule has 0 saturated heterocycles. The molecular weight excluding hydrogens is 497 g/mol. The molecule has 0 aromatic heterocycles. The predicted octanol–water partition coefficient (Wildman–Crippen LogP) is 3.53. The zero-order valence-corrected chi connectivity index (χ0v) is 19.1. The van der Waals surface area contributed by atoms with Crippen LogP contribution in [0.5, 0.6) is 0 Å². The topological polar surface area (TPSA) is 70.6 Å². The van der Waals surface area contributed by atoms with Crippen molar-refractivity contribution in [3.8, 4) is 0 Å². The summed E-state index contributed by atoms with van der Waals surface area (Å²) in [5, 5.41) is 7.09. The molecule has 0 radical (unpaired) electrons. The van der Waals surface area contributed by atoms with Gasteiger partial charge in [0.1, 0.15) is 0 Å². The fraction of sp³-hybridized carbons (Fsp3) is 0.316. The summed E-state index contributed by atoms with van der Waals surface area (Å²) in [5.41, 5.74) is 1.08. The van der Waals surface area contributed by atoms with E-state index in [1.165, 1.54) is 0 Å². The van der Waals surface area contributed by atoms with Crippen LogP contribution in [-0.2, 0) is 16.3 Å². The van der Waals surface area contributed by atoms with Gasteiger partial charge in [0.15, 0.2) is 15.8 Å². The largest absolute Gasteiger partial charge is 0.356 e. The van der Waals surface area contributed by atoms with E-state index < -0.39 is 9.84 Å². The van der Waals surface area contributed by atoms with Crippen molar-refractivity contribution in [2.24, 2.45) is 4.99 Å². The van der Waals surface area contributed by atoms with E-state index >= 15 is 0 Å². The number of rotatable bonds is 8. The number of guanidine groups is 1. The maximum Gasteiger partial charge on any atom is 0.190 e. The molecule has 0 aliphatic carbocycles. The number of nitrogens with one attached hydrogen (secondary N) is 2. The molecule has 0 fully saturated rings. The van der Waals surface area contributed by atoms with Crippen LogP contribution in [0, 0.1) is 0 Å². The van der Waals surface area contributed by atoms with Crippen LogP contribution in [-0.4, -0.2) is 40.3 Å². The van der Waals surface area contributed by atoms with Crippen LogP contribution >= 0.6 is 35.6 Å². The van der Waals surface area contributed by atoms with Crippen molar-refractivity contribution in [3.63, 3.8) is 0 Å². The molecule has 0 unspecified atom stereocenters. The van der Waals surface area contributed by atoms with Crippen molar-refractivity contribution in [3.05, 3.63) is 65.2 Å². The van der Waals surface area contributed by atoms with Crippen LogP contribution in [0.2, 0.25) is 5.02 Å². The molecule has 148 valence electrons.